The molecule has 0 fully saturated rings. The molecule has 0 heterocycles. The summed E-state index contributed by atoms with van der Waals surface area (Å²) >= 11 is 0. The van der Waals surface area contributed by atoms with Crippen molar-refractivity contribution >= 4 is 5.69 Å². The number of hydrogen-bond acceptors (Lipinski definition) is 3. The smallest absolute Gasteiger partial charge is 0.183 e. The van der Waals surface area contributed by atoms with Gasteiger partial charge in [-0.2, -0.15) is 5.26 Å². The summed E-state index contributed by atoms with van der Waals surface area (Å²) in [5.41, 5.74) is -0.120. The maximum Gasteiger partial charge on any atom is 0.183 e. The van der Waals surface area contributed by atoms with E-state index in [1.165, 1.54) is 12.1 Å². The van der Waals surface area contributed by atoms with Crippen LogP contribution in [0.4, 0.5) is 14.5 Å². The number of benzene rings is 1. The van der Waals surface area contributed by atoms with Crippen molar-refractivity contribution < 1.29 is 13.5 Å². The number of nitrogens with zero attached hydrogens (tertiary/aromatic N) is 2. The molecule has 1 aromatic rings. The van der Waals surface area contributed by atoms with E-state index in [0.717, 1.165) is 0 Å². The van der Waals surface area contributed by atoms with Gasteiger partial charge < -0.3 is 9.64 Å². The lowest BCUT2D eigenvalue weighted by atomic mass is 10.2. The molecule has 1 aromatic carbocycles. The van der Waals surface area contributed by atoms with Crippen molar-refractivity contribution in [2.45, 2.75) is 13.8 Å². The lowest BCUT2D eigenvalue weighted by molar-refractivity contribution is 0.154. The second kappa shape index (κ2) is 6.92. The van der Waals surface area contributed by atoms with Crippen molar-refractivity contribution in [3.05, 3.63) is 29.3 Å². The van der Waals surface area contributed by atoms with Crippen LogP contribution in [-0.2, 0) is 4.74 Å². The first-order valence-corrected chi connectivity index (χ1v) is 5.86. The van der Waals surface area contributed by atoms with Crippen LogP contribution in [0.1, 0.15) is 19.4 Å². The van der Waals surface area contributed by atoms with Gasteiger partial charge in [0.05, 0.1) is 17.9 Å². The number of hydrogen-bond donors (Lipinski definition) is 0. The number of anilines is 1. The van der Waals surface area contributed by atoms with Gasteiger partial charge in [-0.15, -0.1) is 0 Å². The fraction of sp³-hybridized carbons (Fsp3) is 0.462. The van der Waals surface area contributed by atoms with Gasteiger partial charge in [0.15, 0.2) is 11.6 Å². The Morgan fingerprint density at radius 1 is 1.28 bits per heavy atom. The predicted octanol–water partition coefficient (Wildman–Crippen LogP) is 2.70. The summed E-state index contributed by atoms with van der Waals surface area (Å²) in [5.74, 6) is -2.07. The molecule has 0 amide bonds. The van der Waals surface area contributed by atoms with E-state index in [-0.39, 0.29) is 11.3 Å². The van der Waals surface area contributed by atoms with Gasteiger partial charge in [-0.1, -0.05) is 0 Å². The molecule has 0 aliphatic rings. The first kappa shape index (κ1) is 14.4. The van der Waals surface area contributed by atoms with Gasteiger partial charge in [-0.3, -0.25) is 0 Å². The molecule has 18 heavy (non-hydrogen) atoms. The van der Waals surface area contributed by atoms with Crippen molar-refractivity contribution in [1.29, 1.82) is 5.26 Å². The van der Waals surface area contributed by atoms with Crippen molar-refractivity contribution in [3.63, 3.8) is 0 Å². The normalized spacial score (nSPS) is 10.2. The lowest BCUT2D eigenvalue weighted by Gasteiger charge is -2.23. The maximum atomic E-state index is 13.8. The van der Waals surface area contributed by atoms with E-state index in [1.54, 1.807) is 11.0 Å². The molecule has 0 aliphatic carbocycles. The molecule has 0 unspecified atom stereocenters. The molecule has 98 valence electrons. The summed E-state index contributed by atoms with van der Waals surface area (Å²) in [6, 6.07) is 4.33. The average Bonchev–Trinajstić information content (AvgIpc) is 2.39. The molecule has 0 saturated carbocycles. The first-order chi connectivity index (χ1) is 8.65. The zero-order valence-electron chi connectivity index (χ0n) is 10.5. The zero-order valence-corrected chi connectivity index (χ0v) is 10.5. The maximum absolute atomic E-state index is 13.8. The van der Waals surface area contributed by atoms with Gasteiger partial charge >= 0.3 is 0 Å². The quantitative estimate of drug-likeness (QED) is 0.732. The Kier molecular flexibility index (Phi) is 5.53. The Labute approximate surface area is 106 Å². The van der Waals surface area contributed by atoms with E-state index < -0.39 is 11.6 Å². The predicted molar refractivity (Wildman–Crippen MR) is 65.5 cm³/mol. The molecule has 3 nitrogen and oxygen atoms in total. The highest BCUT2D eigenvalue weighted by molar-refractivity contribution is 5.51. The summed E-state index contributed by atoms with van der Waals surface area (Å²) in [5, 5.41) is 8.61. The van der Waals surface area contributed by atoms with Crippen LogP contribution in [0.2, 0.25) is 0 Å². The van der Waals surface area contributed by atoms with E-state index in [9.17, 15) is 8.78 Å². The van der Waals surface area contributed by atoms with Gasteiger partial charge in [0, 0.05) is 19.7 Å². The van der Waals surface area contributed by atoms with Crippen molar-refractivity contribution in [2.75, 3.05) is 31.2 Å². The molecule has 0 bridgehead atoms. The molecule has 0 radical (unpaired) electrons. The van der Waals surface area contributed by atoms with Crippen LogP contribution in [0.5, 0.6) is 0 Å². The first-order valence-electron chi connectivity index (χ1n) is 5.86. The fourth-order valence-electron chi connectivity index (χ4n) is 1.64. The molecule has 5 heteroatoms. The minimum absolute atomic E-state index is 0.161. The third kappa shape index (κ3) is 3.17. The van der Waals surface area contributed by atoms with Gasteiger partial charge in [0.2, 0.25) is 0 Å². The molecule has 0 spiro atoms. The van der Waals surface area contributed by atoms with Crippen LogP contribution in [0, 0.1) is 23.0 Å². The van der Waals surface area contributed by atoms with Crippen LogP contribution in [0.15, 0.2) is 12.1 Å². The van der Waals surface area contributed by atoms with E-state index in [0.29, 0.717) is 26.3 Å². The van der Waals surface area contributed by atoms with Crippen LogP contribution < -0.4 is 4.90 Å². The van der Waals surface area contributed by atoms with Gasteiger partial charge in [-0.05, 0) is 26.0 Å². The Hall–Kier alpha value is -1.67. The van der Waals surface area contributed by atoms with Gasteiger partial charge in [-0.25, -0.2) is 8.78 Å². The largest absolute Gasteiger partial charge is 0.380 e. The topological polar surface area (TPSA) is 36.3 Å². The highest BCUT2D eigenvalue weighted by Crippen LogP contribution is 2.23. The standard InChI is InChI=1S/C13H16F2N2O/c1-3-17(7-8-18-4-2)11-6-5-10(9-16)12(14)13(11)15/h5-6H,3-4,7-8H2,1-2H3. The second-order valence-corrected chi connectivity index (χ2v) is 3.65. The summed E-state index contributed by atoms with van der Waals surface area (Å²) in [6.07, 6.45) is 0. The van der Waals surface area contributed by atoms with Crippen LogP contribution in [-0.4, -0.2) is 26.3 Å². The van der Waals surface area contributed by atoms with E-state index >= 15 is 0 Å². The van der Waals surface area contributed by atoms with Gasteiger partial charge in [0.25, 0.3) is 0 Å². The third-order valence-electron chi connectivity index (χ3n) is 2.61. The van der Waals surface area contributed by atoms with Crippen LogP contribution >= 0.6 is 0 Å². The zero-order chi connectivity index (χ0) is 13.5. The van der Waals surface area contributed by atoms with Crippen LogP contribution in [0.25, 0.3) is 0 Å². The van der Waals surface area contributed by atoms with Gasteiger partial charge in [0.1, 0.15) is 6.07 Å². The monoisotopic (exact) mass is 254 g/mol. The average molecular weight is 254 g/mol. The SMILES string of the molecule is CCOCCN(CC)c1ccc(C#N)c(F)c1F. The van der Waals surface area contributed by atoms with Crippen molar-refractivity contribution in [2.24, 2.45) is 0 Å². The highest BCUT2D eigenvalue weighted by Gasteiger charge is 2.17. The summed E-state index contributed by atoms with van der Waals surface area (Å²) < 4.78 is 32.5. The Bertz CT molecular complexity index is 443. The Morgan fingerprint density at radius 3 is 2.56 bits per heavy atom. The third-order valence-corrected chi connectivity index (χ3v) is 2.61. The Morgan fingerprint density at radius 2 is 2.00 bits per heavy atom. The van der Waals surface area contributed by atoms with E-state index in [2.05, 4.69) is 0 Å². The summed E-state index contributed by atoms with van der Waals surface area (Å²) in [4.78, 5) is 1.68. The second-order valence-electron chi connectivity index (χ2n) is 3.65. The minimum atomic E-state index is -1.09. The van der Waals surface area contributed by atoms with Crippen LogP contribution in [0.3, 0.4) is 0 Å². The van der Waals surface area contributed by atoms with Crippen molar-refractivity contribution in [1.82, 2.24) is 0 Å². The highest BCUT2D eigenvalue weighted by atomic mass is 19.2. The Balaban J connectivity index is 2.93. The molecule has 1 rings (SSSR count). The van der Waals surface area contributed by atoms with E-state index in [4.69, 9.17) is 10.00 Å². The number of likely N-dealkylation sites (N-methyl/N-ethyl adjacent to an activating group) is 1. The number of nitriles is 1. The number of ether oxygens (including phenoxy) is 1. The van der Waals surface area contributed by atoms with E-state index in [1.807, 2.05) is 13.8 Å². The molecule has 0 aromatic heterocycles. The number of rotatable bonds is 6. The lowest BCUT2D eigenvalue weighted by Crippen LogP contribution is -2.28. The number of halogens is 2. The fourth-order valence-corrected chi connectivity index (χ4v) is 1.64. The minimum Gasteiger partial charge on any atom is -0.380 e. The molecular weight excluding hydrogens is 238 g/mol. The molecule has 0 atom stereocenters. The van der Waals surface area contributed by atoms with Crippen molar-refractivity contribution in [3.8, 4) is 6.07 Å². The molecule has 0 N–H and O–H groups in total. The molecular formula is C13H16F2N2O. The molecule has 0 saturated heterocycles. The summed E-state index contributed by atoms with van der Waals surface area (Å²) in [6.45, 7) is 5.77. The summed E-state index contributed by atoms with van der Waals surface area (Å²) in [7, 11) is 0. The molecule has 0 aliphatic heterocycles.